The van der Waals surface area contributed by atoms with Crippen molar-refractivity contribution in [2.45, 2.75) is 19.0 Å². The lowest BCUT2D eigenvalue weighted by molar-refractivity contribution is -0.140. The van der Waals surface area contributed by atoms with Crippen LogP contribution in [-0.2, 0) is 9.53 Å². The predicted molar refractivity (Wildman–Crippen MR) is 73.1 cm³/mol. The van der Waals surface area contributed by atoms with Crippen LogP contribution in [0, 0.1) is 0 Å². The minimum Gasteiger partial charge on any atom is -0.465 e. The van der Waals surface area contributed by atoms with Gasteiger partial charge in [0.1, 0.15) is 18.2 Å². The Morgan fingerprint density at radius 3 is 2.56 bits per heavy atom. The normalized spacial score (nSPS) is 9.94. The fourth-order valence-electron chi connectivity index (χ4n) is 1.25. The SMILES string of the molecule is CCNc1cc(NCC(=O)OCC)nc(SC)n1. The lowest BCUT2D eigenvalue weighted by atomic mass is 10.5. The molecule has 6 nitrogen and oxygen atoms in total. The molecule has 0 aliphatic carbocycles. The summed E-state index contributed by atoms with van der Waals surface area (Å²) in [6, 6.07) is 1.77. The van der Waals surface area contributed by atoms with Gasteiger partial charge in [0.25, 0.3) is 0 Å². The highest BCUT2D eigenvalue weighted by Crippen LogP contribution is 2.16. The molecule has 0 aliphatic rings. The van der Waals surface area contributed by atoms with Crippen molar-refractivity contribution < 1.29 is 9.53 Å². The van der Waals surface area contributed by atoms with Crippen LogP contribution in [0.15, 0.2) is 11.2 Å². The first-order valence-electron chi connectivity index (χ1n) is 5.76. The maximum atomic E-state index is 11.2. The highest BCUT2D eigenvalue weighted by molar-refractivity contribution is 7.98. The molecule has 0 fully saturated rings. The number of rotatable bonds is 7. The van der Waals surface area contributed by atoms with Gasteiger partial charge >= 0.3 is 5.97 Å². The van der Waals surface area contributed by atoms with E-state index < -0.39 is 0 Å². The summed E-state index contributed by atoms with van der Waals surface area (Å²) < 4.78 is 4.83. The molecule has 0 aromatic carbocycles. The highest BCUT2D eigenvalue weighted by Gasteiger charge is 2.06. The van der Waals surface area contributed by atoms with E-state index in [4.69, 9.17) is 4.74 Å². The van der Waals surface area contributed by atoms with Gasteiger partial charge in [-0.15, -0.1) is 0 Å². The highest BCUT2D eigenvalue weighted by atomic mass is 32.2. The quantitative estimate of drug-likeness (QED) is 0.443. The third kappa shape index (κ3) is 4.79. The number of esters is 1. The summed E-state index contributed by atoms with van der Waals surface area (Å²) in [6.45, 7) is 5.03. The number of aromatic nitrogens is 2. The van der Waals surface area contributed by atoms with Gasteiger partial charge < -0.3 is 15.4 Å². The Balaban J connectivity index is 2.68. The van der Waals surface area contributed by atoms with Crippen molar-refractivity contribution in [1.82, 2.24) is 9.97 Å². The lowest BCUT2D eigenvalue weighted by Crippen LogP contribution is -2.17. The van der Waals surface area contributed by atoms with Crippen LogP contribution < -0.4 is 10.6 Å². The topological polar surface area (TPSA) is 76.1 Å². The summed E-state index contributed by atoms with van der Waals surface area (Å²) in [5.41, 5.74) is 0. The van der Waals surface area contributed by atoms with E-state index in [1.54, 1.807) is 13.0 Å². The largest absolute Gasteiger partial charge is 0.465 e. The molecule has 1 rings (SSSR count). The van der Waals surface area contributed by atoms with Crippen molar-refractivity contribution in [2.75, 3.05) is 36.6 Å². The second-order valence-electron chi connectivity index (χ2n) is 3.31. The van der Waals surface area contributed by atoms with Crippen molar-refractivity contribution >= 4 is 29.4 Å². The molecule has 18 heavy (non-hydrogen) atoms. The lowest BCUT2D eigenvalue weighted by Gasteiger charge is -2.09. The van der Waals surface area contributed by atoms with Gasteiger partial charge in [-0.05, 0) is 20.1 Å². The number of hydrogen-bond acceptors (Lipinski definition) is 7. The second-order valence-corrected chi connectivity index (χ2v) is 4.09. The van der Waals surface area contributed by atoms with Gasteiger partial charge in [0.05, 0.1) is 6.61 Å². The van der Waals surface area contributed by atoms with Crippen molar-refractivity contribution in [1.29, 1.82) is 0 Å². The van der Waals surface area contributed by atoms with Gasteiger partial charge in [-0.1, -0.05) is 11.8 Å². The van der Waals surface area contributed by atoms with E-state index in [1.165, 1.54) is 11.8 Å². The Labute approximate surface area is 111 Å². The van der Waals surface area contributed by atoms with Crippen molar-refractivity contribution in [3.05, 3.63) is 6.07 Å². The van der Waals surface area contributed by atoms with Gasteiger partial charge in [-0.3, -0.25) is 4.79 Å². The summed E-state index contributed by atoms with van der Waals surface area (Å²) in [7, 11) is 0. The van der Waals surface area contributed by atoms with Crippen LogP contribution in [0.4, 0.5) is 11.6 Å². The molecule has 0 atom stereocenters. The van der Waals surface area contributed by atoms with Gasteiger partial charge in [0, 0.05) is 12.6 Å². The van der Waals surface area contributed by atoms with E-state index in [1.807, 2.05) is 13.2 Å². The number of nitrogens with zero attached hydrogens (tertiary/aromatic N) is 2. The van der Waals surface area contributed by atoms with Crippen LogP contribution in [0.3, 0.4) is 0 Å². The van der Waals surface area contributed by atoms with Crippen molar-refractivity contribution in [2.24, 2.45) is 0 Å². The van der Waals surface area contributed by atoms with Gasteiger partial charge in [-0.25, -0.2) is 9.97 Å². The van der Waals surface area contributed by atoms with Crippen molar-refractivity contribution in [3.8, 4) is 0 Å². The Morgan fingerprint density at radius 2 is 2.00 bits per heavy atom. The number of hydrogen-bond donors (Lipinski definition) is 2. The monoisotopic (exact) mass is 270 g/mol. The molecule has 1 aromatic heterocycles. The average Bonchev–Trinajstić information content (AvgIpc) is 2.37. The molecular formula is C11H18N4O2S. The van der Waals surface area contributed by atoms with E-state index >= 15 is 0 Å². The van der Waals surface area contributed by atoms with Crippen LogP contribution in [0.25, 0.3) is 0 Å². The Morgan fingerprint density at radius 1 is 1.33 bits per heavy atom. The van der Waals surface area contributed by atoms with Crippen molar-refractivity contribution in [3.63, 3.8) is 0 Å². The minimum atomic E-state index is -0.299. The number of anilines is 2. The molecule has 1 aromatic rings. The Kier molecular flexibility index (Phi) is 6.27. The first-order chi connectivity index (χ1) is 8.69. The maximum Gasteiger partial charge on any atom is 0.325 e. The molecule has 0 radical (unpaired) electrons. The molecule has 1 heterocycles. The number of carbonyl (C=O) groups excluding carboxylic acids is 1. The number of ether oxygens (including phenoxy) is 1. The van der Waals surface area contributed by atoms with Crippen LogP contribution in [0.1, 0.15) is 13.8 Å². The summed E-state index contributed by atoms with van der Waals surface area (Å²) in [6.07, 6.45) is 1.90. The zero-order chi connectivity index (χ0) is 13.4. The molecule has 100 valence electrons. The molecule has 0 spiro atoms. The summed E-state index contributed by atoms with van der Waals surface area (Å²) >= 11 is 1.45. The van der Waals surface area contributed by atoms with Crippen LogP contribution in [0.5, 0.6) is 0 Å². The molecular weight excluding hydrogens is 252 g/mol. The Bertz CT molecular complexity index is 401. The standard InChI is InChI=1S/C11H18N4O2S/c1-4-12-8-6-9(15-11(14-8)18-3)13-7-10(16)17-5-2/h6H,4-5,7H2,1-3H3,(H2,12,13,14,15). The molecule has 7 heteroatoms. The second kappa shape index (κ2) is 7.75. The van der Waals surface area contributed by atoms with E-state index in [-0.39, 0.29) is 12.5 Å². The fraction of sp³-hybridized carbons (Fsp3) is 0.545. The van der Waals surface area contributed by atoms with E-state index in [0.717, 1.165) is 12.4 Å². The Hall–Kier alpha value is -1.50. The first kappa shape index (κ1) is 14.6. The van der Waals surface area contributed by atoms with E-state index in [2.05, 4.69) is 20.6 Å². The minimum absolute atomic E-state index is 0.101. The van der Waals surface area contributed by atoms with Crippen LogP contribution in [0.2, 0.25) is 0 Å². The third-order valence-corrected chi connectivity index (χ3v) is 2.51. The zero-order valence-corrected chi connectivity index (χ0v) is 11.6. The predicted octanol–water partition coefficient (Wildman–Crippen LogP) is 1.61. The summed E-state index contributed by atoms with van der Waals surface area (Å²) in [5, 5.41) is 6.69. The van der Waals surface area contributed by atoms with Crippen LogP contribution in [-0.4, -0.2) is 41.9 Å². The number of thioether (sulfide) groups is 1. The van der Waals surface area contributed by atoms with Crippen LogP contribution >= 0.6 is 11.8 Å². The summed E-state index contributed by atoms with van der Waals surface area (Å²) in [4.78, 5) is 19.8. The molecule has 0 unspecified atom stereocenters. The molecule has 0 saturated carbocycles. The molecule has 0 saturated heterocycles. The van der Waals surface area contributed by atoms with Gasteiger partial charge in [0.2, 0.25) is 0 Å². The fourth-order valence-corrected chi connectivity index (χ4v) is 1.63. The number of carbonyl (C=O) groups is 1. The zero-order valence-electron chi connectivity index (χ0n) is 10.8. The van der Waals surface area contributed by atoms with Gasteiger partial charge in [-0.2, -0.15) is 0 Å². The number of nitrogens with one attached hydrogen (secondary N) is 2. The maximum absolute atomic E-state index is 11.2. The smallest absolute Gasteiger partial charge is 0.325 e. The molecule has 0 bridgehead atoms. The third-order valence-electron chi connectivity index (χ3n) is 1.97. The molecule has 2 N–H and O–H groups in total. The van der Waals surface area contributed by atoms with E-state index in [0.29, 0.717) is 17.6 Å². The van der Waals surface area contributed by atoms with E-state index in [9.17, 15) is 4.79 Å². The summed E-state index contributed by atoms with van der Waals surface area (Å²) in [5.74, 6) is 1.05. The van der Waals surface area contributed by atoms with Gasteiger partial charge in [0.15, 0.2) is 5.16 Å². The first-order valence-corrected chi connectivity index (χ1v) is 6.98. The molecule has 0 aliphatic heterocycles. The molecule has 0 amide bonds. The average molecular weight is 270 g/mol.